The number of nitrogens with zero attached hydrogens (tertiary/aromatic N) is 3. The van der Waals surface area contributed by atoms with Crippen LogP contribution in [0.4, 0.5) is 18.9 Å². The third-order valence-electron chi connectivity index (χ3n) is 4.06. The van der Waals surface area contributed by atoms with Crippen LogP contribution in [0.5, 0.6) is 0 Å². The molecule has 3 rings (SSSR count). The van der Waals surface area contributed by atoms with Gasteiger partial charge < -0.3 is 15.7 Å². The maximum Gasteiger partial charge on any atom is 0.417 e. The molecule has 0 atom stereocenters. The molecule has 2 heterocycles. The minimum atomic E-state index is -4.66. The van der Waals surface area contributed by atoms with E-state index in [1.807, 2.05) is 0 Å². The third kappa shape index (κ3) is 6.74. The van der Waals surface area contributed by atoms with Crippen LogP contribution in [0.2, 0.25) is 5.02 Å². The van der Waals surface area contributed by atoms with Gasteiger partial charge in [0, 0.05) is 18.2 Å². The van der Waals surface area contributed by atoms with Crippen molar-refractivity contribution in [1.29, 1.82) is 0 Å². The van der Waals surface area contributed by atoms with Crippen LogP contribution in [-0.2, 0) is 12.7 Å². The first-order valence-corrected chi connectivity index (χ1v) is 10.7. The van der Waals surface area contributed by atoms with Gasteiger partial charge in [0.1, 0.15) is 27.6 Å². The molecule has 1 aromatic carbocycles. The fourth-order valence-electron chi connectivity index (χ4n) is 2.52. The summed E-state index contributed by atoms with van der Waals surface area (Å²) in [5, 5.41) is 13.6. The molecular weight excluding hydrogens is 495 g/mol. The minimum absolute atomic E-state index is 0.00846. The number of carbonyl (C=O) groups is 2. The lowest BCUT2D eigenvalue weighted by molar-refractivity contribution is -0.137. The molecule has 34 heavy (non-hydrogen) atoms. The Bertz CT molecular complexity index is 1270. The van der Waals surface area contributed by atoms with Crippen LogP contribution in [0.3, 0.4) is 0 Å². The van der Waals surface area contributed by atoms with Gasteiger partial charge in [0.2, 0.25) is 0 Å². The molecule has 3 N–H and O–H groups in total. The van der Waals surface area contributed by atoms with E-state index in [0.29, 0.717) is 10.7 Å². The number of halogens is 4. The van der Waals surface area contributed by atoms with Crippen LogP contribution in [0.15, 0.2) is 36.8 Å². The normalized spacial score (nSPS) is 10.9. The summed E-state index contributed by atoms with van der Waals surface area (Å²) in [6, 6.07) is 4.43. The molecule has 0 aliphatic rings. The van der Waals surface area contributed by atoms with E-state index in [9.17, 15) is 22.8 Å². The Kier molecular flexibility index (Phi) is 8.17. The van der Waals surface area contributed by atoms with Gasteiger partial charge in [0.15, 0.2) is 0 Å². The highest BCUT2D eigenvalue weighted by Gasteiger charge is 2.33. The predicted molar refractivity (Wildman–Crippen MR) is 118 cm³/mol. The molecule has 13 heteroatoms. The summed E-state index contributed by atoms with van der Waals surface area (Å²) in [6.45, 7) is -0.0982. The summed E-state index contributed by atoms with van der Waals surface area (Å²) in [7, 11) is 0. The molecule has 0 saturated carbocycles. The molecule has 2 aromatic heterocycles. The first-order valence-electron chi connectivity index (χ1n) is 9.50. The van der Waals surface area contributed by atoms with Crippen molar-refractivity contribution in [3.05, 3.63) is 68.6 Å². The molecule has 0 radical (unpaired) electrons. The standard InChI is InChI=1S/C21H15ClF3N5O3S/c22-15-5-4-13(7-14(15)21(23,24)25)30-20(33)17-9-26-18(34-17)10-27-19(32)16-8-12(28-11-29-16)3-1-2-6-31/h4-5,7-9,11,31H,2,6,10H2,(H,27,32)(H,30,33). The Balaban J connectivity index is 1.61. The Morgan fingerprint density at radius 2 is 1.94 bits per heavy atom. The second kappa shape index (κ2) is 11.1. The highest BCUT2D eigenvalue weighted by Crippen LogP contribution is 2.36. The van der Waals surface area contributed by atoms with Crippen molar-refractivity contribution in [1.82, 2.24) is 20.3 Å². The molecule has 2 amide bonds. The van der Waals surface area contributed by atoms with Gasteiger partial charge in [-0.25, -0.2) is 15.0 Å². The highest BCUT2D eigenvalue weighted by molar-refractivity contribution is 7.13. The molecule has 8 nitrogen and oxygen atoms in total. The van der Waals surface area contributed by atoms with Crippen LogP contribution in [0, 0.1) is 11.8 Å². The van der Waals surface area contributed by atoms with Gasteiger partial charge in [-0.05, 0) is 24.1 Å². The second-order valence-corrected chi connectivity index (χ2v) is 8.03. The van der Waals surface area contributed by atoms with E-state index in [4.69, 9.17) is 16.7 Å². The number of anilines is 1. The number of rotatable bonds is 6. The molecule has 176 valence electrons. The number of aromatic nitrogens is 3. The van der Waals surface area contributed by atoms with Gasteiger partial charge in [0.25, 0.3) is 11.8 Å². The zero-order valence-electron chi connectivity index (χ0n) is 17.1. The zero-order chi connectivity index (χ0) is 24.7. The van der Waals surface area contributed by atoms with Gasteiger partial charge in [-0.3, -0.25) is 9.59 Å². The smallest absolute Gasteiger partial charge is 0.395 e. The number of amides is 2. The zero-order valence-corrected chi connectivity index (χ0v) is 18.7. The van der Waals surface area contributed by atoms with Crippen molar-refractivity contribution in [2.24, 2.45) is 0 Å². The minimum Gasteiger partial charge on any atom is -0.395 e. The quantitative estimate of drug-likeness (QED) is 0.438. The Labute approximate surface area is 200 Å². The van der Waals surface area contributed by atoms with Gasteiger partial charge in [-0.2, -0.15) is 13.2 Å². The lowest BCUT2D eigenvalue weighted by Crippen LogP contribution is -2.24. The van der Waals surface area contributed by atoms with Crippen molar-refractivity contribution >= 4 is 40.4 Å². The van der Waals surface area contributed by atoms with Gasteiger partial charge >= 0.3 is 6.18 Å². The van der Waals surface area contributed by atoms with E-state index in [-0.39, 0.29) is 35.8 Å². The van der Waals surface area contributed by atoms with Crippen molar-refractivity contribution in [2.45, 2.75) is 19.1 Å². The predicted octanol–water partition coefficient (Wildman–Crippen LogP) is 3.52. The van der Waals surface area contributed by atoms with E-state index in [1.54, 1.807) is 0 Å². The van der Waals surface area contributed by atoms with Crippen LogP contribution in [0.1, 0.15) is 42.8 Å². The van der Waals surface area contributed by atoms with Gasteiger partial charge in [-0.1, -0.05) is 17.5 Å². The SMILES string of the molecule is O=C(NCc1ncc(C(=O)Nc2ccc(Cl)c(C(F)(F)F)c2)s1)c1cc(C#CCCO)ncn1. The van der Waals surface area contributed by atoms with Crippen molar-refractivity contribution in [3.63, 3.8) is 0 Å². The van der Waals surface area contributed by atoms with Crippen LogP contribution in [-0.4, -0.2) is 38.5 Å². The number of aliphatic hydroxyl groups excluding tert-OH is 1. The Morgan fingerprint density at radius 3 is 2.68 bits per heavy atom. The number of benzene rings is 1. The Hall–Kier alpha value is -3.53. The number of carbonyl (C=O) groups excluding carboxylic acids is 2. The van der Waals surface area contributed by atoms with Crippen molar-refractivity contribution in [2.75, 3.05) is 11.9 Å². The van der Waals surface area contributed by atoms with E-state index in [2.05, 4.69) is 37.4 Å². The summed E-state index contributed by atoms with van der Waals surface area (Å²) in [4.78, 5) is 36.7. The highest BCUT2D eigenvalue weighted by atomic mass is 35.5. The lowest BCUT2D eigenvalue weighted by Gasteiger charge is -2.11. The first kappa shape index (κ1) is 25.1. The largest absolute Gasteiger partial charge is 0.417 e. The van der Waals surface area contributed by atoms with E-state index >= 15 is 0 Å². The summed E-state index contributed by atoms with van der Waals surface area (Å²) in [5.41, 5.74) is -0.753. The first-order chi connectivity index (χ1) is 16.2. The van der Waals surface area contributed by atoms with E-state index in [0.717, 1.165) is 23.5 Å². The summed E-state index contributed by atoms with van der Waals surface area (Å²) in [5.74, 6) is 4.21. The number of aliphatic hydroxyl groups is 1. The van der Waals surface area contributed by atoms with Gasteiger partial charge in [0.05, 0.1) is 29.9 Å². The van der Waals surface area contributed by atoms with Crippen molar-refractivity contribution in [3.8, 4) is 11.8 Å². The number of alkyl halides is 3. The molecular formula is C21H15ClF3N5O3S. The average Bonchev–Trinajstić information content (AvgIpc) is 3.28. The molecule has 0 aliphatic carbocycles. The van der Waals surface area contributed by atoms with E-state index < -0.39 is 28.6 Å². The maximum absolute atomic E-state index is 13.0. The monoisotopic (exact) mass is 509 g/mol. The lowest BCUT2D eigenvalue weighted by atomic mass is 10.2. The second-order valence-electron chi connectivity index (χ2n) is 6.51. The van der Waals surface area contributed by atoms with Crippen LogP contribution < -0.4 is 10.6 Å². The summed E-state index contributed by atoms with van der Waals surface area (Å²) >= 11 is 6.54. The fraction of sp³-hybridized carbons (Fsp3) is 0.190. The molecule has 0 spiro atoms. The molecule has 0 saturated heterocycles. The van der Waals surface area contributed by atoms with Crippen LogP contribution >= 0.6 is 22.9 Å². The van der Waals surface area contributed by atoms with Gasteiger partial charge in [-0.15, -0.1) is 11.3 Å². The number of thiazole rings is 1. The summed E-state index contributed by atoms with van der Waals surface area (Å²) in [6.07, 6.45) is -1.95. The average molecular weight is 510 g/mol. The molecule has 0 unspecified atom stereocenters. The molecule has 0 bridgehead atoms. The van der Waals surface area contributed by atoms with Crippen molar-refractivity contribution < 1.29 is 27.9 Å². The molecule has 0 fully saturated rings. The number of hydrogen-bond acceptors (Lipinski definition) is 7. The fourth-order valence-corrected chi connectivity index (χ4v) is 3.49. The topological polar surface area (TPSA) is 117 Å². The maximum atomic E-state index is 13.0. The summed E-state index contributed by atoms with van der Waals surface area (Å²) < 4.78 is 39.0. The molecule has 3 aromatic rings. The number of nitrogens with one attached hydrogen (secondary N) is 2. The number of hydrogen-bond donors (Lipinski definition) is 3. The third-order valence-corrected chi connectivity index (χ3v) is 5.39. The van der Waals surface area contributed by atoms with Crippen LogP contribution in [0.25, 0.3) is 0 Å². The Morgan fingerprint density at radius 1 is 1.15 bits per heavy atom. The molecule has 0 aliphatic heterocycles. The van der Waals surface area contributed by atoms with E-state index in [1.165, 1.54) is 24.7 Å².